The predicted octanol–water partition coefficient (Wildman–Crippen LogP) is 1.58. The van der Waals surface area contributed by atoms with E-state index in [4.69, 9.17) is 0 Å². The van der Waals surface area contributed by atoms with Crippen LogP contribution in [0.2, 0.25) is 0 Å². The molecule has 0 aromatic heterocycles. The molecular formula is C10H21NOS. The van der Waals surface area contributed by atoms with Crippen LogP contribution >= 0.6 is 11.8 Å². The zero-order valence-corrected chi connectivity index (χ0v) is 9.68. The minimum absolute atomic E-state index is 0.0886. The summed E-state index contributed by atoms with van der Waals surface area (Å²) in [5.74, 6) is 1.15. The minimum Gasteiger partial charge on any atom is -0.391 e. The van der Waals surface area contributed by atoms with Crippen LogP contribution in [0.1, 0.15) is 26.2 Å². The molecule has 3 heteroatoms. The van der Waals surface area contributed by atoms with Crippen LogP contribution in [-0.2, 0) is 0 Å². The Morgan fingerprint density at radius 1 is 1.54 bits per heavy atom. The number of aliphatic hydroxyl groups excluding tert-OH is 1. The average molecular weight is 203 g/mol. The fourth-order valence-electron chi connectivity index (χ4n) is 2.08. The first-order valence-corrected chi connectivity index (χ1v) is 6.45. The molecule has 0 aliphatic heterocycles. The van der Waals surface area contributed by atoms with Gasteiger partial charge in [0.05, 0.1) is 6.10 Å². The maximum absolute atomic E-state index is 9.73. The van der Waals surface area contributed by atoms with Crippen molar-refractivity contribution in [2.45, 2.75) is 44.4 Å². The highest BCUT2D eigenvalue weighted by molar-refractivity contribution is 7.98. The third-order valence-electron chi connectivity index (χ3n) is 3.07. The number of aliphatic hydroxyl groups is 1. The number of nitrogens with zero attached hydrogens (tertiary/aromatic N) is 1. The van der Waals surface area contributed by atoms with E-state index in [0.717, 1.165) is 18.6 Å². The van der Waals surface area contributed by atoms with Crippen LogP contribution in [0.25, 0.3) is 0 Å². The largest absolute Gasteiger partial charge is 0.391 e. The molecule has 0 spiro atoms. The van der Waals surface area contributed by atoms with Gasteiger partial charge in [-0.25, -0.2) is 0 Å². The van der Waals surface area contributed by atoms with Gasteiger partial charge in [0.2, 0.25) is 0 Å². The fraction of sp³-hybridized carbons (Fsp3) is 1.00. The molecule has 1 rings (SSSR count). The van der Waals surface area contributed by atoms with Crippen LogP contribution in [0.15, 0.2) is 0 Å². The van der Waals surface area contributed by atoms with E-state index in [2.05, 4.69) is 25.1 Å². The van der Waals surface area contributed by atoms with Gasteiger partial charge in [0.15, 0.2) is 0 Å². The monoisotopic (exact) mass is 203 g/mol. The molecule has 2 nitrogen and oxygen atoms in total. The molecule has 0 saturated heterocycles. The van der Waals surface area contributed by atoms with Gasteiger partial charge >= 0.3 is 0 Å². The third-order valence-corrected chi connectivity index (χ3v) is 3.89. The number of hydrogen-bond acceptors (Lipinski definition) is 3. The van der Waals surface area contributed by atoms with Crippen LogP contribution in [0, 0.1) is 0 Å². The maximum Gasteiger partial charge on any atom is 0.0695 e. The van der Waals surface area contributed by atoms with E-state index in [1.807, 2.05) is 11.8 Å². The lowest BCUT2D eigenvalue weighted by molar-refractivity contribution is 0.0710. The fourth-order valence-corrected chi connectivity index (χ4v) is 2.80. The van der Waals surface area contributed by atoms with Gasteiger partial charge in [0.25, 0.3) is 0 Å². The van der Waals surface area contributed by atoms with E-state index >= 15 is 0 Å². The molecule has 1 N–H and O–H groups in total. The van der Waals surface area contributed by atoms with Crippen LogP contribution in [0.3, 0.4) is 0 Å². The van der Waals surface area contributed by atoms with Gasteiger partial charge in [0, 0.05) is 17.8 Å². The zero-order valence-electron chi connectivity index (χ0n) is 8.86. The Morgan fingerprint density at radius 3 is 2.69 bits per heavy atom. The molecule has 0 aromatic rings. The van der Waals surface area contributed by atoms with E-state index in [0.29, 0.717) is 12.1 Å². The summed E-state index contributed by atoms with van der Waals surface area (Å²) in [6.07, 6.45) is 5.38. The van der Waals surface area contributed by atoms with Crippen molar-refractivity contribution in [3.63, 3.8) is 0 Å². The maximum atomic E-state index is 9.73. The lowest BCUT2D eigenvalue weighted by Gasteiger charge is -2.32. The highest BCUT2D eigenvalue weighted by Crippen LogP contribution is 2.25. The van der Waals surface area contributed by atoms with E-state index in [1.165, 1.54) is 6.42 Å². The molecule has 3 atom stereocenters. The van der Waals surface area contributed by atoms with E-state index in [1.54, 1.807) is 0 Å². The predicted molar refractivity (Wildman–Crippen MR) is 59.3 cm³/mol. The second-order valence-electron chi connectivity index (χ2n) is 4.04. The Labute approximate surface area is 85.7 Å². The smallest absolute Gasteiger partial charge is 0.0695 e. The molecule has 0 bridgehead atoms. The van der Waals surface area contributed by atoms with E-state index in [-0.39, 0.29) is 6.10 Å². The van der Waals surface area contributed by atoms with Gasteiger partial charge in [-0.1, -0.05) is 0 Å². The molecular weight excluding hydrogens is 182 g/mol. The summed E-state index contributed by atoms with van der Waals surface area (Å²) < 4.78 is 0. The molecule has 1 aliphatic rings. The summed E-state index contributed by atoms with van der Waals surface area (Å²) in [5, 5.41) is 9.73. The Morgan fingerprint density at radius 2 is 2.23 bits per heavy atom. The molecule has 1 saturated carbocycles. The molecule has 78 valence electrons. The lowest BCUT2D eigenvalue weighted by atomic mass is 10.1. The summed E-state index contributed by atoms with van der Waals surface area (Å²) in [7, 11) is 2.14. The highest BCUT2D eigenvalue weighted by atomic mass is 32.2. The van der Waals surface area contributed by atoms with Gasteiger partial charge in [-0.2, -0.15) is 11.8 Å². The summed E-state index contributed by atoms with van der Waals surface area (Å²) >= 11 is 1.87. The average Bonchev–Trinajstić information content (AvgIpc) is 2.50. The van der Waals surface area contributed by atoms with Gasteiger partial charge in [-0.3, -0.25) is 4.90 Å². The first-order chi connectivity index (χ1) is 6.16. The lowest BCUT2D eigenvalue weighted by Crippen LogP contribution is -2.43. The number of likely N-dealkylation sites (N-methyl/N-ethyl adjacent to an activating group) is 1. The topological polar surface area (TPSA) is 23.5 Å². The van der Waals surface area contributed by atoms with Crippen molar-refractivity contribution in [1.82, 2.24) is 4.90 Å². The Bertz CT molecular complexity index is 154. The SMILES string of the molecule is CSCC(C)N(C)C1CCCC1O. The Kier molecular flexibility index (Phi) is 4.56. The van der Waals surface area contributed by atoms with Crippen LogP contribution in [0.5, 0.6) is 0 Å². The second-order valence-corrected chi connectivity index (χ2v) is 4.95. The Balaban J connectivity index is 2.40. The minimum atomic E-state index is -0.0886. The standard InChI is InChI=1S/C10H21NOS/c1-8(7-13-3)11(2)9-5-4-6-10(9)12/h8-10,12H,4-7H2,1-3H3. The van der Waals surface area contributed by atoms with Crippen molar-refractivity contribution in [1.29, 1.82) is 0 Å². The third kappa shape index (κ3) is 2.86. The van der Waals surface area contributed by atoms with Crippen molar-refractivity contribution in [2.24, 2.45) is 0 Å². The van der Waals surface area contributed by atoms with Crippen LogP contribution < -0.4 is 0 Å². The number of thioether (sulfide) groups is 1. The van der Waals surface area contributed by atoms with Gasteiger partial charge < -0.3 is 5.11 Å². The number of rotatable bonds is 4. The van der Waals surface area contributed by atoms with Crippen molar-refractivity contribution in [2.75, 3.05) is 19.1 Å². The van der Waals surface area contributed by atoms with Gasteiger partial charge in [-0.15, -0.1) is 0 Å². The first-order valence-electron chi connectivity index (χ1n) is 5.05. The molecule has 3 unspecified atom stereocenters. The summed E-state index contributed by atoms with van der Waals surface area (Å²) in [6, 6.07) is 0.981. The van der Waals surface area contributed by atoms with Gasteiger partial charge in [0.1, 0.15) is 0 Å². The first kappa shape index (κ1) is 11.3. The molecule has 0 aromatic carbocycles. The van der Waals surface area contributed by atoms with Crippen molar-refractivity contribution in [3.8, 4) is 0 Å². The Hall–Kier alpha value is 0.270. The van der Waals surface area contributed by atoms with Gasteiger partial charge in [-0.05, 0) is 39.5 Å². The van der Waals surface area contributed by atoms with E-state index in [9.17, 15) is 5.11 Å². The van der Waals surface area contributed by atoms with Crippen LogP contribution in [0.4, 0.5) is 0 Å². The van der Waals surface area contributed by atoms with Crippen molar-refractivity contribution < 1.29 is 5.11 Å². The van der Waals surface area contributed by atoms with Crippen molar-refractivity contribution >= 4 is 11.8 Å². The zero-order chi connectivity index (χ0) is 9.84. The molecule has 0 radical (unpaired) electrons. The molecule has 1 fully saturated rings. The second kappa shape index (κ2) is 5.23. The highest BCUT2D eigenvalue weighted by Gasteiger charge is 2.30. The quantitative estimate of drug-likeness (QED) is 0.750. The van der Waals surface area contributed by atoms with Crippen LogP contribution in [-0.4, -0.2) is 47.3 Å². The molecule has 13 heavy (non-hydrogen) atoms. The number of hydrogen-bond donors (Lipinski definition) is 1. The molecule has 0 amide bonds. The summed E-state index contributed by atoms with van der Waals surface area (Å²) in [6.45, 7) is 2.24. The summed E-state index contributed by atoms with van der Waals surface area (Å²) in [5.41, 5.74) is 0. The molecule has 1 aliphatic carbocycles. The molecule has 0 heterocycles. The normalized spacial score (nSPS) is 31.2. The summed E-state index contributed by atoms with van der Waals surface area (Å²) in [4.78, 5) is 2.34. The van der Waals surface area contributed by atoms with Crippen molar-refractivity contribution in [3.05, 3.63) is 0 Å². The van der Waals surface area contributed by atoms with E-state index < -0.39 is 0 Å².